The minimum Gasteiger partial charge on any atom is -0.355 e. The van der Waals surface area contributed by atoms with E-state index in [9.17, 15) is 4.79 Å². The molecule has 7 nitrogen and oxygen atoms in total. The van der Waals surface area contributed by atoms with E-state index in [1.165, 1.54) is 0 Å². The highest BCUT2D eigenvalue weighted by atomic mass is 16.5. The number of aromatic nitrogens is 3. The number of carbonyl (C=O) groups is 1. The van der Waals surface area contributed by atoms with Gasteiger partial charge in [-0.1, -0.05) is 25.1 Å². The molecule has 2 aromatic heterocycles. The minimum absolute atomic E-state index is 0.113. The lowest BCUT2D eigenvalue weighted by atomic mass is 10.0. The fourth-order valence-electron chi connectivity index (χ4n) is 3.22. The number of rotatable bonds is 6. The lowest BCUT2D eigenvalue weighted by Crippen LogP contribution is -2.48. The summed E-state index contributed by atoms with van der Waals surface area (Å²) >= 11 is 0. The molecule has 2 aromatic rings. The van der Waals surface area contributed by atoms with Crippen molar-refractivity contribution in [1.29, 1.82) is 0 Å². The third-order valence-electron chi connectivity index (χ3n) is 4.86. The van der Waals surface area contributed by atoms with Crippen LogP contribution in [0.5, 0.6) is 0 Å². The smallest absolute Gasteiger partial charge is 0.227 e. The Morgan fingerprint density at radius 1 is 1.42 bits per heavy atom. The summed E-state index contributed by atoms with van der Waals surface area (Å²) in [5.41, 5.74) is 0. The van der Waals surface area contributed by atoms with E-state index in [0.29, 0.717) is 24.6 Å². The first-order chi connectivity index (χ1) is 12.5. The summed E-state index contributed by atoms with van der Waals surface area (Å²) in [6.45, 7) is 5.83. The molecule has 140 valence electrons. The summed E-state index contributed by atoms with van der Waals surface area (Å²) in [4.78, 5) is 25.5. The van der Waals surface area contributed by atoms with Crippen LogP contribution in [0.2, 0.25) is 0 Å². The molecule has 0 aromatic carbocycles. The Hall–Kier alpha value is -2.44. The van der Waals surface area contributed by atoms with Crippen LogP contribution in [0.3, 0.4) is 0 Å². The zero-order valence-electron chi connectivity index (χ0n) is 15.8. The predicted octanol–water partition coefficient (Wildman–Crippen LogP) is 2.65. The van der Waals surface area contributed by atoms with E-state index in [1.54, 1.807) is 0 Å². The molecule has 7 heteroatoms. The molecule has 0 unspecified atom stereocenters. The van der Waals surface area contributed by atoms with Gasteiger partial charge in [0.1, 0.15) is 5.82 Å². The highest BCUT2D eigenvalue weighted by molar-refractivity contribution is 5.76. The second-order valence-electron chi connectivity index (χ2n) is 7.14. The number of piperidine rings is 1. The molecule has 0 aliphatic carbocycles. The first-order valence-corrected chi connectivity index (χ1v) is 9.28. The molecule has 1 amide bonds. The molecular weight excluding hydrogens is 330 g/mol. The van der Waals surface area contributed by atoms with Crippen LogP contribution in [0, 0.1) is 0 Å². The molecule has 1 aliphatic heterocycles. The molecule has 0 radical (unpaired) electrons. The van der Waals surface area contributed by atoms with Gasteiger partial charge in [-0.2, -0.15) is 4.98 Å². The van der Waals surface area contributed by atoms with Crippen molar-refractivity contribution in [3.05, 3.63) is 36.1 Å². The normalized spacial score (nSPS) is 17.5. The van der Waals surface area contributed by atoms with Gasteiger partial charge in [0, 0.05) is 51.1 Å². The van der Waals surface area contributed by atoms with E-state index >= 15 is 0 Å². The maximum atomic E-state index is 12.6. The Morgan fingerprint density at radius 3 is 2.96 bits per heavy atom. The number of carbonyl (C=O) groups excluding carboxylic acids is 1. The largest absolute Gasteiger partial charge is 0.355 e. The summed E-state index contributed by atoms with van der Waals surface area (Å²) < 4.78 is 5.23. The number of nitrogens with zero attached hydrogens (tertiary/aromatic N) is 5. The maximum absolute atomic E-state index is 12.6. The first-order valence-electron chi connectivity index (χ1n) is 9.28. The highest BCUT2D eigenvalue weighted by Crippen LogP contribution is 2.20. The van der Waals surface area contributed by atoms with Gasteiger partial charge in [-0.15, -0.1) is 0 Å². The molecule has 1 aliphatic rings. The molecule has 0 spiro atoms. The van der Waals surface area contributed by atoms with Gasteiger partial charge in [0.2, 0.25) is 11.8 Å². The molecule has 3 rings (SSSR count). The Bertz CT molecular complexity index is 716. The van der Waals surface area contributed by atoms with Crippen molar-refractivity contribution < 1.29 is 9.32 Å². The Morgan fingerprint density at radius 2 is 2.27 bits per heavy atom. The number of hydrogen-bond acceptors (Lipinski definition) is 6. The number of anilines is 1. The Balaban J connectivity index is 1.54. The van der Waals surface area contributed by atoms with Gasteiger partial charge in [-0.05, 0) is 25.0 Å². The molecule has 0 saturated carbocycles. The van der Waals surface area contributed by atoms with Gasteiger partial charge in [0.25, 0.3) is 0 Å². The Labute approximate surface area is 154 Å². The van der Waals surface area contributed by atoms with Gasteiger partial charge in [0.05, 0.1) is 0 Å². The minimum atomic E-state index is 0.113. The van der Waals surface area contributed by atoms with Crippen LogP contribution in [0.1, 0.15) is 50.7 Å². The van der Waals surface area contributed by atoms with E-state index in [-0.39, 0.29) is 17.9 Å². The van der Waals surface area contributed by atoms with Crippen molar-refractivity contribution >= 4 is 11.7 Å². The average Bonchev–Trinajstić information content (AvgIpc) is 3.16. The lowest BCUT2D eigenvalue weighted by molar-refractivity contribution is -0.132. The molecule has 3 heterocycles. The summed E-state index contributed by atoms with van der Waals surface area (Å²) in [6, 6.07) is 6.14. The molecular formula is C19H27N5O2. The van der Waals surface area contributed by atoms with E-state index in [4.69, 9.17) is 4.52 Å². The fraction of sp³-hybridized carbons (Fsp3) is 0.579. The Kier molecular flexibility index (Phi) is 5.85. The topological polar surface area (TPSA) is 75.4 Å². The predicted molar refractivity (Wildman–Crippen MR) is 99.0 cm³/mol. The average molecular weight is 357 g/mol. The van der Waals surface area contributed by atoms with Crippen LogP contribution in [0.4, 0.5) is 5.82 Å². The second kappa shape index (κ2) is 8.29. The summed E-state index contributed by atoms with van der Waals surface area (Å²) in [6.07, 6.45) is 4.75. The van der Waals surface area contributed by atoms with Gasteiger partial charge < -0.3 is 14.3 Å². The highest BCUT2D eigenvalue weighted by Gasteiger charge is 2.26. The SMILES string of the molecule is CC(C)c1noc(CCC(=O)N(C)[C@H]2CCCN(c3ccccn3)C2)n1. The van der Waals surface area contributed by atoms with Crippen LogP contribution in [-0.2, 0) is 11.2 Å². The number of hydrogen-bond donors (Lipinski definition) is 0. The molecule has 0 bridgehead atoms. The zero-order valence-corrected chi connectivity index (χ0v) is 15.8. The third-order valence-corrected chi connectivity index (χ3v) is 4.86. The summed E-state index contributed by atoms with van der Waals surface area (Å²) in [5, 5.41) is 3.95. The lowest BCUT2D eigenvalue weighted by Gasteiger charge is -2.38. The molecule has 0 N–H and O–H groups in total. The number of aryl methyl sites for hydroxylation is 1. The second-order valence-corrected chi connectivity index (χ2v) is 7.14. The monoisotopic (exact) mass is 357 g/mol. The zero-order chi connectivity index (χ0) is 18.5. The summed E-state index contributed by atoms with van der Waals surface area (Å²) in [7, 11) is 1.89. The van der Waals surface area contributed by atoms with E-state index in [0.717, 1.165) is 31.7 Å². The van der Waals surface area contributed by atoms with E-state index in [1.807, 2.05) is 50.2 Å². The van der Waals surface area contributed by atoms with Crippen molar-refractivity contribution in [2.45, 2.75) is 51.5 Å². The van der Waals surface area contributed by atoms with Crippen molar-refractivity contribution in [3.8, 4) is 0 Å². The van der Waals surface area contributed by atoms with Gasteiger partial charge in [-0.25, -0.2) is 4.98 Å². The van der Waals surface area contributed by atoms with Crippen LogP contribution in [-0.4, -0.2) is 52.1 Å². The van der Waals surface area contributed by atoms with Crippen LogP contribution in [0.25, 0.3) is 0 Å². The summed E-state index contributed by atoms with van der Waals surface area (Å²) in [5.74, 6) is 2.55. The first kappa shape index (κ1) is 18.4. The van der Waals surface area contributed by atoms with Crippen LogP contribution in [0.15, 0.2) is 28.9 Å². The maximum Gasteiger partial charge on any atom is 0.227 e. The van der Waals surface area contributed by atoms with Gasteiger partial charge >= 0.3 is 0 Å². The molecule has 1 saturated heterocycles. The van der Waals surface area contributed by atoms with Crippen molar-refractivity contribution in [1.82, 2.24) is 20.0 Å². The van der Waals surface area contributed by atoms with Crippen molar-refractivity contribution in [2.24, 2.45) is 0 Å². The van der Waals surface area contributed by atoms with Gasteiger partial charge in [-0.3, -0.25) is 4.79 Å². The quantitative estimate of drug-likeness (QED) is 0.791. The molecule has 1 fully saturated rings. The van der Waals surface area contributed by atoms with Gasteiger partial charge in [0.15, 0.2) is 5.82 Å². The number of likely N-dealkylation sites (N-methyl/N-ethyl adjacent to an activating group) is 1. The number of pyridine rings is 1. The molecule has 26 heavy (non-hydrogen) atoms. The third kappa shape index (κ3) is 4.39. The van der Waals surface area contributed by atoms with Crippen molar-refractivity contribution in [2.75, 3.05) is 25.0 Å². The van der Waals surface area contributed by atoms with Crippen LogP contribution >= 0.6 is 0 Å². The van der Waals surface area contributed by atoms with Crippen LogP contribution < -0.4 is 4.90 Å². The van der Waals surface area contributed by atoms with Crippen molar-refractivity contribution in [3.63, 3.8) is 0 Å². The standard InChI is InChI=1S/C19H27N5O2/c1-14(2)19-21-17(26-22-19)9-10-18(25)23(3)15-7-6-12-24(13-15)16-8-4-5-11-20-16/h4-5,8,11,14-15H,6-7,9-10,12-13H2,1-3H3/t15-/m0/s1. The number of amides is 1. The fourth-order valence-corrected chi connectivity index (χ4v) is 3.22. The van der Waals surface area contributed by atoms with E-state index in [2.05, 4.69) is 20.0 Å². The molecule has 1 atom stereocenters. The van der Waals surface area contributed by atoms with E-state index < -0.39 is 0 Å².